The molecule has 1 aromatic carbocycles. The van der Waals surface area contributed by atoms with E-state index in [1.165, 1.54) is 24.5 Å². The molecule has 0 amide bonds. The number of rotatable bonds is 5. The number of hydrogen-bond donors (Lipinski definition) is 2. The Morgan fingerprint density at radius 2 is 2.07 bits per heavy atom. The summed E-state index contributed by atoms with van der Waals surface area (Å²) >= 11 is 0. The number of aromatic nitrogens is 1. The minimum atomic E-state index is -3.13. The SMILES string of the molecule is Cc1cc(-c2ccc3c(c2OC(F)F)N(C2CC2)C=C(C(=O)O)C3=C=O)cnc1N. The van der Waals surface area contributed by atoms with E-state index >= 15 is 0 Å². The van der Waals surface area contributed by atoms with Gasteiger partial charge in [-0.1, -0.05) is 6.07 Å². The van der Waals surface area contributed by atoms with E-state index in [1.54, 1.807) is 23.8 Å². The molecule has 0 bridgehead atoms. The zero-order valence-electron chi connectivity index (χ0n) is 15.9. The first-order chi connectivity index (χ1) is 14.3. The molecule has 1 saturated carbocycles. The van der Waals surface area contributed by atoms with Crippen molar-refractivity contribution in [3.63, 3.8) is 0 Å². The van der Waals surface area contributed by atoms with Crippen molar-refractivity contribution in [2.45, 2.75) is 32.4 Å². The molecule has 154 valence electrons. The third kappa shape index (κ3) is 3.29. The molecular weight excluding hydrogens is 396 g/mol. The average Bonchev–Trinajstić information content (AvgIpc) is 3.53. The quantitative estimate of drug-likeness (QED) is 0.724. The van der Waals surface area contributed by atoms with Crippen LogP contribution in [0.5, 0.6) is 5.75 Å². The van der Waals surface area contributed by atoms with Gasteiger partial charge < -0.3 is 20.5 Å². The number of alkyl halides is 2. The first-order valence-corrected chi connectivity index (χ1v) is 9.15. The zero-order valence-corrected chi connectivity index (χ0v) is 15.9. The molecule has 4 rings (SSSR count). The average molecular weight is 413 g/mol. The first-order valence-electron chi connectivity index (χ1n) is 9.15. The van der Waals surface area contributed by atoms with Gasteiger partial charge in [-0.25, -0.2) is 14.6 Å². The monoisotopic (exact) mass is 413 g/mol. The van der Waals surface area contributed by atoms with Gasteiger partial charge in [0.15, 0.2) is 5.75 Å². The fourth-order valence-electron chi connectivity index (χ4n) is 3.52. The molecule has 0 saturated heterocycles. The summed E-state index contributed by atoms with van der Waals surface area (Å²) < 4.78 is 31.7. The number of carboxylic acids is 1. The summed E-state index contributed by atoms with van der Waals surface area (Å²) in [6.07, 6.45) is 4.24. The van der Waals surface area contributed by atoms with Crippen LogP contribution in [0.2, 0.25) is 0 Å². The van der Waals surface area contributed by atoms with Crippen LogP contribution >= 0.6 is 0 Å². The Kier molecular flexibility index (Phi) is 4.75. The van der Waals surface area contributed by atoms with Gasteiger partial charge in [0.2, 0.25) is 0 Å². The molecule has 0 spiro atoms. The molecule has 2 aliphatic rings. The maximum atomic E-state index is 13.4. The molecule has 3 N–H and O–H groups in total. The van der Waals surface area contributed by atoms with Crippen LogP contribution in [-0.4, -0.2) is 34.7 Å². The number of nitrogen functional groups attached to an aromatic ring is 1. The van der Waals surface area contributed by atoms with E-state index in [9.17, 15) is 23.5 Å². The maximum Gasteiger partial charge on any atom is 0.387 e. The summed E-state index contributed by atoms with van der Waals surface area (Å²) in [5.41, 5.74) is 7.19. The maximum absolute atomic E-state index is 13.4. The highest BCUT2D eigenvalue weighted by Gasteiger charge is 2.38. The number of carbonyl (C=O) groups excluding carboxylic acids is 1. The number of benzene rings is 1. The topological polar surface area (TPSA) is 106 Å². The smallest absolute Gasteiger partial charge is 0.387 e. The van der Waals surface area contributed by atoms with Gasteiger partial charge in [-0.05, 0) is 37.5 Å². The van der Waals surface area contributed by atoms with Gasteiger partial charge in [0.1, 0.15) is 11.8 Å². The number of carbonyl (C=O) groups is 1. The lowest BCUT2D eigenvalue weighted by Gasteiger charge is -2.31. The molecule has 0 radical (unpaired) electrons. The number of aliphatic carboxylic acids is 1. The van der Waals surface area contributed by atoms with Crippen molar-refractivity contribution in [1.82, 2.24) is 4.98 Å². The number of halogens is 2. The van der Waals surface area contributed by atoms with E-state index in [2.05, 4.69) is 4.98 Å². The summed E-state index contributed by atoms with van der Waals surface area (Å²) in [5.74, 6) is 0.499. The van der Waals surface area contributed by atoms with E-state index in [0.717, 1.165) is 12.8 Å². The van der Waals surface area contributed by atoms with E-state index < -0.39 is 12.6 Å². The van der Waals surface area contributed by atoms with Gasteiger partial charge in [0.05, 0.1) is 16.8 Å². The van der Waals surface area contributed by atoms with Gasteiger partial charge in [-0.3, -0.25) is 0 Å². The third-order valence-corrected chi connectivity index (χ3v) is 5.11. The van der Waals surface area contributed by atoms with Crippen LogP contribution in [0, 0.1) is 6.92 Å². The predicted octanol–water partition coefficient (Wildman–Crippen LogP) is 3.41. The van der Waals surface area contributed by atoms with Gasteiger partial charge in [-0.2, -0.15) is 8.78 Å². The predicted molar refractivity (Wildman–Crippen MR) is 106 cm³/mol. The normalized spacial score (nSPS) is 15.5. The Morgan fingerprint density at radius 3 is 2.63 bits per heavy atom. The Labute approximate surface area is 170 Å². The molecule has 2 heterocycles. The van der Waals surface area contributed by atoms with Crippen LogP contribution in [-0.2, 0) is 9.59 Å². The standard InChI is InChI=1S/C21H17F2N3O4/c1-10-6-11(7-25-19(10)24)13-4-5-14-16(9-27)15(20(28)29)8-26(12-2-3-12)17(14)18(13)30-21(22)23/h4-8,12,21H,2-3H2,1H3,(H2,24,25)(H,28,29). The second-order valence-electron chi connectivity index (χ2n) is 7.11. The third-order valence-electron chi connectivity index (χ3n) is 5.11. The number of aryl methyl sites for hydroxylation is 1. The van der Waals surface area contributed by atoms with Crippen molar-refractivity contribution in [3.8, 4) is 16.9 Å². The Balaban J connectivity index is 2.00. The summed E-state index contributed by atoms with van der Waals surface area (Å²) in [6, 6.07) is 4.63. The highest BCUT2D eigenvalue weighted by atomic mass is 19.3. The lowest BCUT2D eigenvalue weighted by molar-refractivity contribution is -0.132. The molecular formula is C21H17F2N3O4. The van der Waals surface area contributed by atoms with Crippen LogP contribution in [0.1, 0.15) is 24.0 Å². The molecule has 1 aromatic heterocycles. The summed E-state index contributed by atoms with van der Waals surface area (Å²) in [6.45, 7) is -1.39. The second-order valence-corrected chi connectivity index (χ2v) is 7.11. The van der Waals surface area contributed by atoms with Gasteiger partial charge in [-0.15, -0.1) is 0 Å². The first kappa shape index (κ1) is 19.6. The number of nitrogens with two attached hydrogens (primary N) is 1. The Morgan fingerprint density at radius 1 is 1.37 bits per heavy atom. The highest BCUT2D eigenvalue weighted by Crippen LogP contribution is 2.50. The molecule has 1 aliphatic carbocycles. The van der Waals surface area contributed by atoms with Crippen molar-refractivity contribution >= 4 is 29.0 Å². The Hall–Kier alpha value is -3.71. The number of pyridine rings is 1. The number of hydrogen-bond acceptors (Lipinski definition) is 6. The summed E-state index contributed by atoms with van der Waals surface area (Å²) in [5, 5.41) is 9.52. The van der Waals surface area contributed by atoms with Crippen molar-refractivity contribution < 1.29 is 28.2 Å². The molecule has 0 unspecified atom stereocenters. The number of nitrogens with zero attached hydrogens (tertiary/aromatic N) is 2. The van der Waals surface area contributed by atoms with Crippen molar-refractivity contribution in [1.29, 1.82) is 0 Å². The van der Waals surface area contributed by atoms with E-state index in [4.69, 9.17) is 10.5 Å². The van der Waals surface area contributed by atoms with Crippen LogP contribution in [0.15, 0.2) is 36.2 Å². The minimum absolute atomic E-state index is 0.0761. The molecule has 7 nitrogen and oxygen atoms in total. The van der Waals surface area contributed by atoms with Crippen LogP contribution in [0.25, 0.3) is 16.7 Å². The van der Waals surface area contributed by atoms with Crippen LogP contribution < -0.4 is 15.4 Å². The molecule has 1 fully saturated rings. The molecule has 2 aromatic rings. The summed E-state index contributed by atoms with van der Waals surface area (Å²) in [4.78, 5) is 29.0. The summed E-state index contributed by atoms with van der Waals surface area (Å²) in [7, 11) is 0. The Bertz CT molecular complexity index is 1140. The van der Waals surface area contributed by atoms with Gasteiger partial charge in [0, 0.05) is 35.1 Å². The van der Waals surface area contributed by atoms with E-state index in [0.29, 0.717) is 22.5 Å². The highest BCUT2D eigenvalue weighted by molar-refractivity contribution is 6.17. The lowest BCUT2D eigenvalue weighted by atomic mass is 9.90. The van der Waals surface area contributed by atoms with Crippen LogP contribution in [0.4, 0.5) is 20.3 Å². The number of anilines is 2. The number of fused-ring (bicyclic) bond motifs is 1. The fourth-order valence-corrected chi connectivity index (χ4v) is 3.52. The van der Waals surface area contributed by atoms with Crippen molar-refractivity contribution in [2.24, 2.45) is 0 Å². The molecule has 1 aliphatic heterocycles. The largest absolute Gasteiger partial charge is 0.478 e. The van der Waals surface area contributed by atoms with Crippen molar-refractivity contribution in [3.05, 3.63) is 47.3 Å². The van der Waals surface area contributed by atoms with Gasteiger partial charge >= 0.3 is 12.6 Å². The number of ether oxygens (including phenoxy) is 1. The molecule has 30 heavy (non-hydrogen) atoms. The van der Waals surface area contributed by atoms with Gasteiger partial charge in [0.25, 0.3) is 0 Å². The fraction of sp³-hybridized carbons (Fsp3) is 0.238. The second kappa shape index (κ2) is 7.27. The lowest BCUT2D eigenvalue weighted by Crippen LogP contribution is -2.27. The molecule has 0 atom stereocenters. The van der Waals surface area contributed by atoms with E-state index in [1.807, 2.05) is 0 Å². The van der Waals surface area contributed by atoms with E-state index in [-0.39, 0.29) is 34.2 Å². The van der Waals surface area contributed by atoms with Crippen molar-refractivity contribution in [2.75, 3.05) is 10.6 Å². The number of carboxylic acid groups (broad SMARTS) is 1. The minimum Gasteiger partial charge on any atom is -0.478 e. The molecule has 9 heteroatoms. The van der Waals surface area contributed by atoms with Crippen LogP contribution in [0.3, 0.4) is 0 Å². The zero-order chi connectivity index (χ0) is 21.6.